The monoisotopic (exact) mass is 333 g/mol. The highest BCUT2D eigenvalue weighted by atomic mass is 16.6. The van der Waals surface area contributed by atoms with E-state index >= 15 is 0 Å². The molecule has 0 fully saturated rings. The number of nitrogens with zero attached hydrogens (tertiary/aromatic N) is 3. The van der Waals surface area contributed by atoms with Crippen LogP contribution < -0.4 is 0 Å². The van der Waals surface area contributed by atoms with Gasteiger partial charge in [0.05, 0.1) is 16.1 Å². The van der Waals surface area contributed by atoms with Gasteiger partial charge in [-0.05, 0) is 18.9 Å². The van der Waals surface area contributed by atoms with Crippen LogP contribution >= 0.6 is 0 Å². The van der Waals surface area contributed by atoms with Crippen LogP contribution in [-0.4, -0.2) is 52.1 Å². The van der Waals surface area contributed by atoms with Crippen molar-refractivity contribution in [1.82, 2.24) is 9.80 Å². The zero-order valence-electron chi connectivity index (χ0n) is 13.7. The van der Waals surface area contributed by atoms with Crippen LogP contribution in [0.1, 0.15) is 47.4 Å². The van der Waals surface area contributed by atoms with Crippen LogP contribution in [-0.2, 0) is 4.79 Å². The van der Waals surface area contributed by atoms with E-state index in [1.54, 1.807) is 4.90 Å². The fourth-order valence-electron chi connectivity index (χ4n) is 2.67. The Labute approximate surface area is 139 Å². The summed E-state index contributed by atoms with van der Waals surface area (Å²) >= 11 is 0. The number of carbonyl (C=O) groups is 3. The van der Waals surface area contributed by atoms with E-state index in [1.807, 2.05) is 13.8 Å². The van der Waals surface area contributed by atoms with Gasteiger partial charge in [-0.2, -0.15) is 0 Å². The van der Waals surface area contributed by atoms with Gasteiger partial charge in [0.2, 0.25) is 5.91 Å². The molecular formula is C16H19N3O5. The van der Waals surface area contributed by atoms with Crippen molar-refractivity contribution >= 4 is 23.4 Å². The quantitative estimate of drug-likeness (QED) is 0.430. The lowest BCUT2D eigenvalue weighted by Crippen LogP contribution is -2.43. The lowest BCUT2D eigenvalue weighted by atomic mass is 10.1. The lowest BCUT2D eigenvalue weighted by molar-refractivity contribution is -0.384. The number of nitro groups is 1. The van der Waals surface area contributed by atoms with Gasteiger partial charge in [0.25, 0.3) is 17.5 Å². The molecule has 0 bridgehead atoms. The summed E-state index contributed by atoms with van der Waals surface area (Å²) in [5.41, 5.74) is -0.197. The average molecular weight is 333 g/mol. The van der Waals surface area contributed by atoms with Gasteiger partial charge in [-0.3, -0.25) is 29.4 Å². The Hall–Kier alpha value is -2.77. The predicted molar refractivity (Wildman–Crippen MR) is 85.6 cm³/mol. The molecule has 0 spiro atoms. The maximum absolute atomic E-state index is 12.4. The topological polar surface area (TPSA) is 101 Å². The van der Waals surface area contributed by atoms with Gasteiger partial charge in [0.15, 0.2) is 0 Å². The normalized spacial score (nSPS) is 13.2. The number of hydrogen-bond acceptors (Lipinski definition) is 5. The van der Waals surface area contributed by atoms with Gasteiger partial charge in [-0.15, -0.1) is 0 Å². The van der Waals surface area contributed by atoms with E-state index in [-0.39, 0.29) is 29.3 Å². The summed E-state index contributed by atoms with van der Waals surface area (Å²) in [5, 5.41) is 10.8. The average Bonchev–Trinajstić information content (AvgIpc) is 2.79. The first kappa shape index (κ1) is 17.6. The molecule has 0 saturated carbocycles. The highest BCUT2D eigenvalue weighted by Gasteiger charge is 2.38. The summed E-state index contributed by atoms with van der Waals surface area (Å²) in [6.07, 6.45) is 1.56. The lowest BCUT2D eigenvalue weighted by Gasteiger charge is -2.23. The Bertz CT molecular complexity index is 695. The first-order valence-electron chi connectivity index (χ1n) is 7.83. The van der Waals surface area contributed by atoms with Gasteiger partial charge in [-0.1, -0.05) is 13.8 Å². The van der Waals surface area contributed by atoms with E-state index in [1.165, 1.54) is 12.1 Å². The van der Waals surface area contributed by atoms with Crippen LogP contribution in [0.2, 0.25) is 0 Å². The van der Waals surface area contributed by atoms with Crippen LogP contribution in [0, 0.1) is 10.1 Å². The molecule has 128 valence electrons. The molecule has 0 saturated heterocycles. The maximum atomic E-state index is 12.4. The van der Waals surface area contributed by atoms with Crippen molar-refractivity contribution in [2.45, 2.75) is 26.7 Å². The van der Waals surface area contributed by atoms with Crippen molar-refractivity contribution in [1.29, 1.82) is 0 Å². The number of benzene rings is 1. The molecule has 0 radical (unpaired) electrons. The van der Waals surface area contributed by atoms with E-state index in [0.29, 0.717) is 13.1 Å². The molecule has 1 aromatic carbocycles. The van der Waals surface area contributed by atoms with Gasteiger partial charge < -0.3 is 4.90 Å². The Balaban J connectivity index is 2.21. The molecule has 2 rings (SSSR count). The molecule has 24 heavy (non-hydrogen) atoms. The first-order valence-corrected chi connectivity index (χ1v) is 7.83. The van der Waals surface area contributed by atoms with Gasteiger partial charge in [-0.25, -0.2) is 0 Å². The zero-order valence-corrected chi connectivity index (χ0v) is 13.7. The van der Waals surface area contributed by atoms with E-state index in [4.69, 9.17) is 0 Å². The Morgan fingerprint density at radius 3 is 2.25 bits per heavy atom. The van der Waals surface area contributed by atoms with Crippen LogP contribution in [0.3, 0.4) is 0 Å². The highest BCUT2D eigenvalue weighted by Crippen LogP contribution is 2.26. The molecule has 8 nitrogen and oxygen atoms in total. The SMILES string of the molecule is CCCN(CCC)C(=O)CN1C(=O)c2ccc([N+](=O)[O-])cc2C1=O. The molecule has 1 aliphatic heterocycles. The minimum atomic E-state index is -0.667. The molecule has 1 aromatic rings. The maximum Gasteiger partial charge on any atom is 0.270 e. The minimum absolute atomic E-state index is 0.0282. The third-order valence-electron chi connectivity index (χ3n) is 3.80. The van der Waals surface area contributed by atoms with E-state index in [9.17, 15) is 24.5 Å². The van der Waals surface area contributed by atoms with E-state index in [2.05, 4.69) is 0 Å². The molecule has 0 N–H and O–H groups in total. The number of non-ortho nitro benzene ring substituents is 1. The smallest absolute Gasteiger partial charge is 0.270 e. The van der Waals surface area contributed by atoms with Crippen molar-refractivity contribution in [2.75, 3.05) is 19.6 Å². The van der Waals surface area contributed by atoms with E-state index < -0.39 is 16.7 Å². The summed E-state index contributed by atoms with van der Waals surface area (Å²) < 4.78 is 0. The first-order chi connectivity index (χ1) is 11.4. The van der Waals surface area contributed by atoms with Crippen molar-refractivity contribution in [3.63, 3.8) is 0 Å². The Kier molecular flexibility index (Phi) is 5.28. The molecule has 8 heteroatoms. The molecule has 0 unspecified atom stereocenters. The van der Waals surface area contributed by atoms with Crippen LogP contribution in [0.25, 0.3) is 0 Å². The second kappa shape index (κ2) is 7.20. The van der Waals surface area contributed by atoms with Crippen molar-refractivity contribution in [3.8, 4) is 0 Å². The fraction of sp³-hybridized carbons (Fsp3) is 0.438. The summed E-state index contributed by atoms with van der Waals surface area (Å²) in [6.45, 7) is 4.65. The Morgan fingerprint density at radius 2 is 1.71 bits per heavy atom. The van der Waals surface area contributed by atoms with Crippen molar-refractivity contribution in [2.24, 2.45) is 0 Å². The second-order valence-electron chi connectivity index (χ2n) is 5.56. The molecule has 0 atom stereocenters. The predicted octanol–water partition coefficient (Wildman–Crippen LogP) is 1.84. The van der Waals surface area contributed by atoms with Gasteiger partial charge in [0.1, 0.15) is 6.54 Å². The largest absolute Gasteiger partial charge is 0.341 e. The highest BCUT2D eigenvalue weighted by molar-refractivity contribution is 6.22. The number of rotatable bonds is 7. The number of nitro benzene ring substituents is 1. The number of carbonyl (C=O) groups excluding carboxylic acids is 3. The van der Waals surface area contributed by atoms with Crippen LogP contribution in [0.5, 0.6) is 0 Å². The molecular weight excluding hydrogens is 314 g/mol. The summed E-state index contributed by atoms with van der Waals surface area (Å²) in [4.78, 5) is 49.7. The van der Waals surface area contributed by atoms with Gasteiger partial charge in [0, 0.05) is 25.2 Å². The number of fused-ring (bicyclic) bond motifs is 1. The standard InChI is InChI=1S/C16H19N3O5/c1-3-7-17(8-4-2)14(20)10-18-15(21)12-6-5-11(19(23)24)9-13(12)16(18)22/h5-6,9H,3-4,7-8,10H2,1-2H3. The van der Waals surface area contributed by atoms with E-state index in [0.717, 1.165) is 23.8 Å². The zero-order chi connectivity index (χ0) is 17.9. The molecule has 1 heterocycles. The summed E-state index contributed by atoms with van der Waals surface area (Å²) in [7, 11) is 0. The third-order valence-corrected chi connectivity index (χ3v) is 3.80. The van der Waals surface area contributed by atoms with Crippen LogP contribution in [0.15, 0.2) is 18.2 Å². The van der Waals surface area contributed by atoms with Crippen molar-refractivity contribution < 1.29 is 19.3 Å². The third kappa shape index (κ3) is 3.27. The number of amides is 3. The molecule has 0 aliphatic carbocycles. The molecule has 1 aliphatic rings. The summed E-state index contributed by atoms with van der Waals surface area (Å²) in [5.74, 6) is -1.56. The minimum Gasteiger partial charge on any atom is -0.341 e. The number of hydrogen-bond donors (Lipinski definition) is 0. The number of imide groups is 1. The second-order valence-corrected chi connectivity index (χ2v) is 5.56. The van der Waals surface area contributed by atoms with Crippen molar-refractivity contribution in [3.05, 3.63) is 39.4 Å². The molecule has 3 amide bonds. The summed E-state index contributed by atoms with van der Waals surface area (Å²) in [6, 6.07) is 3.51. The Morgan fingerprint density at radius 1 is 1.12 bits per heavy atom. The molecule has 0 aromatic heterocycles. The fourth-order valence-corrected chi connectivity index (χ4v) is 2.67. The van der Waals surface area contributed by atoms with Gasteiger partial charge >= 0.3 is 0 Å². The van der Waals surface area contributed by atoms with Crippen LogP contribution in [0.4, 0.5) is 5.69 Å².